The lowest BCUT2D eigenvalue weighted by Crippen LogP contribution is -2.24. The maximum atomic E-state index is 12.2. The molecule has 1 N–H and O–H groups in total. The van der Waals surface area contributed by atoms with Crippen molar-refractivity contribution >= 4 is 0 Å². The Kier molecular flexibility index (Phi) is 4.34. The van der Waals surface area contributed by atoms with E-state index in [0.29, 0.717) is 5.92 Å². The van der Waals surface area contributed by atoms with Crippen molar-refractivity contribution < 1.29 is 17.9 Å². The second-order valence-corrected chi connectivity index (χ2v) is 4.93. The zero-order valence-electron chi connectivity index (χ0n) is 10.8. The summed E-state index contributed by atoms with van der Waals surface area (Å²) in [7, 11) is 1.85. The fourth-order valence-electron chi connectivity index (χ4n) is 2.87. The first-order valence-corrected chi connectivity index (χ1v) is 6.52. The first kappa shape index (κ1) is 14.2. The number of benzene rings is 1. The topological polar surface area (TPSA) is 21.3 Å². The summed E-state index contributed by atoms with van der Waals surface area (Å²) >= 11 is 0. The van der Waals surface area contributed by atoms with Crippen molar-refractivity contribution in [3.63, 3.8) is 0 Å². The monoisotopic (exact) mass is 273 g/mol. The first-order chi connectivity index (χ1) is 8.99. The smallest absolute Gasteiger partial charge is 0.406 e. The predicted octanol–water partition coefficient (Wildman–Crippen LogP) is 4.04. The summed E-state index contributed by atoms with van der Waals surface area (Å²) in [5.41, 5.74) is 0.858. The Morgan fingerprint density at radius 3 is 2.53 bits per heavy atom. The summed E-state index contributed by atoms with van der Waals surface area (Å²) in [6.07, 6.45) is -0.00395. The molecule has 0 aromatic heterocycles. The van der Waals surface area contributed by atoms with Crippen LogP contribution in [-0.2, 0) is 0 Å². The van der Waals surface area contributed by atoms with Gasteiger partial charge in [0.15, 0.2) is 0 Å². The van der Waals surface area contributed by atoms with Crippen molar-refractivity contribution in [2.45, 2.75) is 38.1 Å². The molecule has 1 aromatic rings. The molecule has 1 aromatic carbocycles. The largest absolute Gasteiger partial charge is 0.573 e. The van der Waals surface area contributed by atoms with Gasteiger partial charge in [-0.3, -0.25) is 0 Å². The van der Waals surface area contributed by atoms with Crippen LogP contribution in [0.5, 0.6) is 5.75 Å². The molecular weight excluding hydrogens is 255 g/mol. The lowest BCUT2D eigenvalue weighted by molar-refractivity contribution is -0.274. The van der Waals surface area contributed by atoms with Gasteiger partial charge in [0.25, 0.3) is 0 Å². The third-order valence-electron chi connectivity index (χ3n) is 3.63. The normalized spacial score (nSPS) is 18.5. The Bertz CT molecular complexity index is 413. The molecule has 0 aliphatic heterocycles. The Morgan fingerprint density at radius 2 is 1.95 bits per heavy atom. The minimum atomic E-state index is -4.64. The lowest BCUT2D eigenvalue weighted by Gasteiger charge is -2.24. The highest BCUT2D eigenvalue weighted by atomic mass is 19.4. The number of nitrogens with one attached hydrogen (secondary N) is 1. The Hall–Kier alpha value is -1.23. The van der Waals surface area contributed by atoms with Gasteiger partial charge in [0.1, 0.15) is 5.75 Å². The highest BCUT2D eigenvalue weighted by molar-refractivity contribution is 5.31. The number of hydrogen-bond donors (Lipinski definition) is 1. The molecule has 1 unspecified atom stereocenters. The van der Waals surface area contributed by atoms with Crippen LogP contribution in [0.15, 0.2) is 24.3 Å². The maximum absolute atomic E-state index is 12.2. The molecule has 2 nitrogen and oxygen atoms in total. The van der Waals surface area contributed by atoms with E-state index in [-0.39, 0.29) is 11.8 Å². The molecule has 0 bridgehead atoms. The molecule has 1 aliphatic rings. The van der Waals surface area contributed by atoms with E-state index in [0.717, 1.165) is 18.4 Å². The van der Waals surface area contributed by atoms with Gasteiger partial charge in [0.05, 0.1) is 0 Å². The number of alkyl halides is 3. The number of rotatable bonds is 4. The van der Waals surface area contributed by atoms with Gasteiger partial charge < -0.3 is 10.1 Å². The van der Waals surface area contributed by atoms with E-state index in [1.807, 2.05) is 13.1 Å². The second kappa shape index (κ2) is 5.82. The summed E-state index contributed by atoms with van der Waals surface area (Å²) in [6, 6.07) is 6.36. The summed E-state index contributed by atoms with van der Waals surface area (Å²) in [5, 5.41) is 3.21. The fraction of sp³-hybridized carbons (Fsp3) is 0.571. The Labute approximate surface area is 111 Å². The summed E-state index contributed by atoms with van der Waals surface area (Å²) in [6.45, 7) is 0. The summed E-state index contributed by atoms with van der Waals surface area (Å²) in [4.78, 5) is 0. The van der Waals surface area contributed by atoms with Crippen LogP contribution in [0.1, 0.15) is 37.3 Å². The molecule has 0 amide bonds. The van der Waals surface area contributed by atoms with Crippen LogP contribution in [0.4, 0.5) is 13.2 Å². The molecule has 1 saturated carbocycles. The second-order valence-electron chi connectivity index (χ2n) is 4.93. The van der Waals surface area contributed by atoms with Gasteiger partial charge in [-0.2, -0.15) is 0 Å². The van der Waals surface area contributed by atoms with Crippen LogP contribution >= 0.6 is 0 Å². The molecule has 5 heteroatoms. The van der Waals surface area contributed by atoms with Crippen molar-refractivity contribution in [2.75, 3.05) is 7.05 Å². The average molecular weight is 273 g/mol. The van der Waals surface area contributed by atoms with Crippen molar-refractivity contribution in [3.05, 3.63) is 29.8 Å². The Balaban J connectivity index is 2.16. The van der Waals surface area contributed by atoms with Crippen LogP contribution in [-0.4, -0.2) is 13.4 Å². The van der Waals surface area contributed by atoms with Gasteiger partial charge in [-0.1, -0.05) is 25.0 Å². The number of hydrogen-bond acceptors (Lipinski definition) is 2. The minimum Gasteiger partial charge on any atom is -0.406 e. The summed E-state index contributed by atoms with van der Waals surface area (Å²) < 4.78 is 40.6. The van der Waals surface area contributed by atoms with E-state index in [1.165, 1.54) is 25.0 Å². The zero-order valence-corrected chi connectivity index (χ0v) is 10.8. The van der Waals surface area contributed by atoms with E-state index in [9.17, 15) is 13.2 Å². The third-order valence-corrected chi connectivity index (χ3v) is 3.63. The van der Waals surface area contributed by atoms with E-state index in [2.05, 4.69) is 10.1 Å². The van der Waals surface area contributed by atoms with Gasteiger partial charge in [0.2, 0.25) is 0 Å². The highest BCUT2D eigenvalue weighted by Gasteiger charge is 2.31. The fourth-order valence-corrected chi connectivity index (χ4v) is 2.87. The van der Waals surface area contributed by atoms with Crippen molar-refractivity contribution in [3.8, 4) is 5.75 Å². The van der Waals surface area contributed by atoms with Crippen LogP contribution in [0, 0.1) is 5.92 Å². The van der Waals surface area contributed by atoms with Crippen LogP contribution in [0.3, 0.4) is 0 Å². The van der Waals surface area contributed by atoms with Crippen molar-refractivity contribution in [1.29, 1.82) is 0 Å². The standard InChI is InChI=1S/C14H18F3NO/c1-18-13(10-5-2-3-6-10)11-7-4-8-12(9-11)19-14(15,16)17/h4,7-10,13,18H,2-3,5-6H2,1H3. The zero-order chi connectivity index (χ0) is 13.9. The molecule has 1 fully saturated rings. The van der Waals surface area contributed by atoms with Gasteiger partial charge in [-0.05, 0) is 43.5 Å². The minimum absolute atomic E-state index is 0.0966. The maximum Gasteiger partial charge on any atom is 0.573 e. The van der Waals surface area contributed by atoms with Crippen molar-refractivity contribution in [1.82, 2.24) is 5.32 Å². The molecule has 0 radical (unpaired) electrons. The molecule has 1 aliphatic carbocycles. The number of ether oxygens (including phenoxy) is 1. The first-order valence-electron chi connectivity index (χ1n) is 6.52. The van der Waals surface area contributed by atoms with Gasteiger partial charge in [-0.25, -0.2) is 0 Å². The van der Waals surface area contributed by atoms with Gasteiger partial charge in [-0.15, -0.1) is 13.2 Å². The highest BCUT2D eigenvalue weighted by Crippen LogP contribution is 2.36. The Morgan fingerprint density at radius 1 is 1.26 bits per heavy atom. The molecule has 0 heterocycles. The molecular formula is C14H18F3NO. The molecule has 0 saturated heterocycles. The molecule has 2 rings (SSSR count). The van der Waals surface area contributed by atoms with Crippen LogP contribution < -0.4 is 10.1 Å². The predicted molar refractivity (Wildman–Crippen MR) is 66.9 cm³/mol. The quantitative estimate of drug-likeness (QED) is 0.894. The summed E-state index contributed by atoms with van der Waals surface area (Å²) in [5.74, 6) is 0.342. The van der Waals surface area contributed by atoms with E-state index in [4.69, 9.17) is 0 Å². The van der Waals surface area contributed by atoms with Crippen LogP contribution in [0.2, 0.25) is 0 Å². The average Bonchev–Trinajstić information content (AvgIpc) is 2.82. The number of halogens is 3. The third kappa shape index (κ3) is 3.86. The van der Waals surface area contributed by atoms with E-state index in [1.54, 1.807) is 6.07 Å². The van der Waals surface area contributed by atoms with E-state index < -0.39 is 6.36 Å². The van der Waals surface area contributed by atoms with Crippen LogP contribution in [0.25, 0.3) is 0 Å². The lowest BCUT2D eigenvalue weighted by atomic mass is 9.92. The van der Waals surface area contributed by atoms with Crippen molar-refractivity contribution in [2.24, 2.45) is 5.92 Å². The SMILES string of the molecule is CNC(c1cccc(OC(F)(F)F)c1)C1CCCC1. The van der Waals surface area contributed by atoms with Gasteiger partial charge >= 0.3 is 6.36 Å². The molecule has 19 heavy (non-hydrogen) atoms. The van der Waals surface area contributed by atoms with E-state index >= 15 is 0 Å². The molecule has 0 spiro atoms. The van der Waals surface area contributed by atoms with Gasteiger partial charge in [0, 0.05) is 6.04 Å². The molecule has 106 valence electrons. The molecule has 1 atom stereocenters.